The summed E-state index contributed by atoms with van der Waals surface area (Å²) in [5.74, 6) is 0.517. The monoisotopic (exact) mass is 514 g/mol. The van der Waals surface area contributed by atoms with Crippen LogP contribution >= 0.6 is 11.6 Å². The quantitative estimate of drug-likeness (QED) is 0.523. The number of anilines is 1. The minimum absolute atomic E-state index is 0.00385. The van der Waals surface area contributed by atoms with Crippen molar-refractivity contribution in [2.75, 3.05) is 25.1 Å². The first-order chi connectivity index (χ1) is 17.5. The van der Waals surface area contributed by atoms with Crippen LogP contribution in [-0.2, 0) is 25.6 Å². The average molecular weight is 515 g/mol. The van der Waals surface area contributed by atoms with Crippen LogP contribution < -0.4 is 15.4 Å². The van der Waals surface area contributed by atoms with Gasteiger partial charge in [0.25, 0.3) is 0 Å². The van der Waals surface area contributed by atoms with Crippen LogP contribution in [0.5, 0.6) is 5.75 Å². The van der Waals surface area contributed by atoms with Crippen LogP contribution in [0.15, 0.2) is 42.5 Å². The summed E-state index contributed by atoms with van der Waals surface area (Å²) < 4.78 is 17.5. The normalized spacial score (nSPS) is 25.4. The molecule has 5 rings (SSSR count). The Hall–Kier alpha value is -2.65. The predicted octanol–water partition coefficient (Wildman–Crippen LogP) is 3.41. The van der Waals surface area contributed by atoms with Crippen molar-refractivity contribution in [1.82, 2.24) is 5.32 Å². The summed E-state index contributed by atoms with van der Waals surface area (Å²) in [6.07, 6.45) is 0.987. The lowest BCUT2D eigenvalue weighted by molar-refractivity contribution is -0.142. The highest BCUT2D eigenvalue weighted by atomic mass is 35.5. The molecule has 0 aliphatic carbocycles. The summed E-state index contributed by atoms with van der Waals surface area (Å²) in [4.78, 5) is 25.3. The van der Waals surface area contributed by atoms with E-state index in [-0.39, 0.29) is 48.9 Å². The molecule has 2 aromatic carbocycles. The van der Waals surface area contributed by atoms with Gasteiger partial charge in [0.05, 0.1) is 19.1 Å². The molecular weight excluding hydrogens is 484 g/mol. The van der Waals surface area contributed by atoms with Gasteiger partial charge in [-0.2, -0.15) is 0 Å². The molecule has 0 unspecified atom stereocenters. The van der Waals surface area contributed by atoms with E-state index < -0.39 is 6.10 Å². The maximum absolute atomic E-state index is 12.7. The Kier molecular flexibility index (Phi) is 7.76. The third-order valence-electron chi connectivity index (χ3n) is 7.17. The number of halogens is 1. The van der Waals surface area contributed by atoms with Gasteiger partial charge in [-0.1, -0.05) is 23.7 Å². The Morgan fingerprint density at radius 3 is 2.61 bits per heavy atom. The number of aliphatic hydroxyl groups is 1. The molecule has 3 aliphatic heterocycles. The molecule has 9 heteroatoms. The minimum Gasteiger partial charge on any atom is -0.487 e. The highest BCUT2D eigenvalue weighted by Gasteiger charge is 2.46. The van der Waals surface area contributed by atoms with E-state index >= 15 is 0 Å². The van der Waals surface area contributed by atoms with E-state index in [9.17, 15) is 14.7 Å². The largest absolute Gasteiger partial charge is 0.487 e. The van der Waals surface area contributed by atoms with Crippen LogP contribution in [0.1, 0.15) is 42.7 Å². The lowest BCUT2D eigenvalue weighted by Crippen LogP contribution is -2.47. The molecule has 8 nitrogen and oxygen atoms in total. The van der Waals surface area contributed by atoms with Gasteiger partial charge in [-0.25, -0.2) is 0 Å². The van der Waals surface area contributed by atoms with Gasteiger partial charge in [-0.15, -0.1) is 0 Å². The number of carbonyl (C=O) groups is 2. The fourth-order valence-electron chi connectivity index (χ4n) is 5.25. The Morgan fingerprint density at radius 2 is 1.86 bits per heavy atom. The standard InChI is InChI=1S/C27H31ClN2O6/c28-18-3-1-16(2-4-18)14-29-25(32)13-20-12-22-21-11-19(30-27(33)17-7-9-34-10-8-17)5-6-23(21)36-26(22)24(15-31)35-20/h1-6,11,17,20,22,24,26,31H,7-10,12-15H2,(H,29,32)(H,30,33)/t20-,22-,24+,26+/m0/s1. The smallest absolute Gasteiger partial charge is 0.227 e. The van der Waals surface area contributed by atoms with Crippen LogP contribution in [0.25, 0.3) is 0 Å². The van der Waals surface area contributed by atoms with Crippen molar-refractivity contribution in [3.05, 3.63) is 58.6 Å². The Balaban J connectivity index is 1.23. The number of nitrogens with one attached hydrogen (secondary N) is 2. The molecule has 0 bridgehead atoms. The SMILES string of the molecule is O=C(C[C@@H]1C[C@H]2c3cc(NC(=O)C4CCOCC4)ccc3O[C@H]2[C@@H](CO)O1)NCc1ccc(Cl)cc1. The molecule has 2 aromatic rings. The van der Waals surface area contributed by atoms with E-state index in [2.05, 4.69) is 10.6 Å². The summed E-state index contributed by atoms with van der Waals surface area (Å²) in [6.45, 7) is 1.42. The van der Waals surface area contributed by atoms with Crippen molar-refractivity contribution in [3.63, 3.8) is 0 Å². The Labute approximate surface area is 215 Å². The molecule has 0 saturated carbocycles. The van der Waals surface area contributed by atoms with Crippen LogP contribution in [0.4, 0.5) is 5.69 Å². The Morgan fingerprint density at radius 1 is 1.08 bits per heavy atom. The minimum atomic E-state index is -0.537. The van der Waals surface area contributed by atoms with E-state index in [0.29, 0.717) is 31.2 Å². The van der Waals surface area contributed by atoms with E-state index in [1.165, 1.54) is 0 Å². The molecule has 2 saturated heterocycles. The zero-order valence-electron chi connectivity index (χ0n) is 20.0. The highest BCUT2D eigenvalue weighted by Crippen LogP contribution is 2.47. The van der Waals surface area contributed by atoms with Crippen LogP contribution in [0, 0.1) is 5.92 Å². The molecule has 0 radical (unpaired) electrons. The second-order valence-electron chi connectivity index (χ2n) is 9.64. The first-order valence-corrected chi connectivity index (χ1v) is 12.8. The third-order valence-corrected chi connectivity index (χ3v) is 7.43. The highest BCUT2D eigenvalue weighted by molar-refractivity contribution is 6.30. The first kappa shape index (κ1) is 25.0. The van der Waals surface area contributed by atoms with Crippen LogP contribution in [0.3, 0.4) is 0 Å². The van der Waals surface area contributed by atoms with Gasteiger partial charge in [0.1, 0.15) is 18.0 Å². The van der Waals surface area contributed by atoms with Gasteiger partial charge in [0, 0.05) is 47.9 Å². The van der Waals surface area contributed by atoms with Crippen molar-refractivity contribution in [2.45, 2.75) is 56.5 Å². The van der Waals surface area contributed by atoms with Crippen LogP contribution in [-0.4, -0.2) is 55.1 Å². The van der Waals surface area contributed by atoms with Crippen molar-refractivity contribution >= 4 is 29.1 Å². The number of benzene rings is 2. The first-order valence-electron chi connectivity index (χ1n) is 12.5. The molecule has 0 aromatic heterocycles. The number of hydrogen-bond donors (Lipinski definition) is 3. The van der Waals surface area contributed by atoms with Gasteiger partial charge in [-0.3, -0.25) is 9.59 Å². The molecule has 3 heterocycles. The fourth-order valence-corrected chi connectivity index (χ4v) is 5.38. The number of amides is 2. The number of ether oxygens (including phenoxy) is 3. The number of aliphatic hydroxyl groups excluding tert-OH is 1. The third kappa shape index (κ3) is 5.67. The van der Waals surface area contributed by atoms with Crippen LogP contribution in [0.2, 0.25) is 5.02 Å². The lowest BCUT2D eigenvalue weighted by atomic mass is 9.84. The summed E-state index contributed by atoms with van der Waals surface area (Å²) >= 11 is 5.92. The van der Waals surface area contributed by atoms with E-state index in [0.717, 1.165) is 35.4 Å². The summed E-state index contributed by atoms with van der Waals surface area (Å²) in [5, 5.41) is 16.6. The summed E-state index contributed by atoms with van der Waals surface area (Å²) in [5.41, 5.74) is 2.65. The molecule has 3 N–H and O–H groups in total. The number of rotatable bonds is 7. The number of carbonyl (C=O) groups excluding carboxylic acids is 2. The zero-order chi connectivity index (χ0) is 25.1. The predicted molar refractivity (Wildman–Crippen MR) is 134 cm³/mol. The van der Waals surface area contributed by atoms with E-state index in [1.807, 2.05) is 30.3 Å². The van der Waals surface area contributed by atoms with Gasteiger partial charge in [-0.05, 0) is 55.2 Å². The summed E-state index contributed by atoms with van der Waals surface area (Å²) in [7, 11) is 0. The fraction of sp³-hybridized carbons (Fsp3) is 0.481. The second kappa shape index (κ2) is 11.2. The Bertz CT molecular complexity index is 1090. The molecule has 36 heavy (non-hydrogen) atoms. The van der Waals surface area contributed by atoms with E-state index in [1.54, 1.807) is 12.1 Å². The molecule has 0 spiro atoms. The van der Waals surface area contributed by atoms with Gasteiger partial charge in [0.15, 0.2) is 0 Å². The lowest BCUT2D eigenvalue weighted by Gasteiger charge is -2.37. The van der Waals surface area contributed by atoms with Gasteiger partial charge >= 0.3 is 0 Å². The molecule has 2 fully saturated rings. The topological polar surface area (TPSA) is 106 Å². The average Bonchev–Trinajstić information content (AvgIpc) is 3.26. The molecule has 3 aliphatic rings. The van der Waals surface area contributed by atoms with E-state index in [4.69, 9.17) is 25.8 Å². The summed E-state index contributed by atoms with van der Waals surface area (Å²) in [6, 6.07) is 13.0. The van der Waals surface area contributed by atoms with Crippen molar-refractivity contribution in [1.29, 1.82) is 0 Å². The molecule has 192 valence electrons. The maximum Gasteiger partial charge on any atom is 0.227 e. The number of fused-ring (bicyclic) bond motifs is 3. The molecule has 4 atom stereocenters. The van der Waals surface area contributed by atoms with Crippen molar-refractivity contribution in [2.24, 2.45) is 5.92 Å². The zero-order valence-corrected chi connectivity index (χ0v) is 20.7. The molecule has 2 amide bonds. The van der Waals surface area contributed by atoms with Gasteiger partial charge in [0.2, 0.25) is 11.8 Å². The van der Waals surface area contributed by atoms with Gasteiger partial charge < -0.3 is 30.0 Å². The second-order valence-corrected chi connectivity index (χ2v) is 10.1. The number of hydrogen-bond acceptors (Lipinski definition) is 6. The van der Waals surface area contributed by atoms with Crippen molar-refractivity contribution in [3.8, 4) is 5.75 Å². The van der Waals surface area contributed by atoms with Crippen molar-refractivity contribution < 1.29 is 28.9 Å². The maximum atomic E-state index is 12.7. The molecular formula is C27H31ClN2O6.